The van der Waals surface area contributed by atoms with Crippen LogP contribution in [0.5, 0.6) is 0 Å². The third-order valence-electron chi connectivity index (χ3n) is 3.13. The van der Waals surface area contributed by atoms with E-state index < -0.39 is 0 Å². The monoisotopic (exact) mass is 354 g/mol. The first-order chi connectivity index (χ1) is 9.81. The maximum atomic E-state index is 12.2. The average Bonchev–Trinajstić information content (AvgIpc) is 2.44. The molecule has 0 aliphatic heterocycles. The summed E-state index contributed by atoms with van der Waals surface area (Å²) in [6.45, 7) is 6.87. The van der Waals surface area contributed by atoms with Gasteiger partial charge >= 0.3 is 0 Å². The SMILES string of the molecule is CC(C)CN[C@@H](C)C(=O)N(C)CC(=O)c1ccc(Br)cc1. The highest BCUT2D eigenvalue weighted by molar-refractivity contribution is 9.10. The first-order valence-electron chi connectivity index (χ1n) is 7.08. The summed E-state index contributed by atoms with van der Waals surface area (Å²) < 4.78 is 0.926. The number of rotatable bonds is 7. The van der Waals surface area contributed by atoms with Crippen LogP contribution < -0.4 is 5.32 Å². The van der Waals surface area contributed by atoms with E-state index in [1.54, 1.807) is 19.2 Å². The summed E-state index contributed by atoms with van der Waals surface area (Å²) in [6.07, 6.45) is 0. The Kier molecular flexibility index (Phi) is 7.05. The van der Waals surface area contributed by atoms with Gasteiger partial charge in [0.05, 0.1) is 12.6 Å². The Bertz CT molecular complexity index is 486. The second-order valence-electron chi connectivity index (χ2n) is 5.65. The highest BCUT2D eigenvalue weighted by Crippen LogP contribution is 2.11. The zero-order chi connectivity index (χ0) is 16.0. The number of nitrogens with one attached hydrogen (secondary N) is 1. The molecule has 116 valence electrons. The molecular formula is C16H23BrN2O2. The van der Waals surface area contributed by atoms with Crippen LogP contribution in [-0.4, -0.2) is 42.8 Å². The third kappa shape index (κ3) is 5.98. The Morgan fingerprint density at radius 1 is 1.19 bits per heavy atom. The van der Waals surface area contributed by atoms with Gasteiger partial charge in [0.25, 0.3) is 0 Å². The molecule has 5 heteroatoms. The first-order valence-corrected chi connectivity index (χ1v) is 7.87. The van der Waals surface area contributed by atoms with Crippen molar-refractivity contribution < 1.29 is 9.59 Å². The van der Waals surface area contributed by atoms with Gasteiger partial charge in [-0.25, -0.2) is 0 Å². The number of carbonyl (C=O) groups excluding carboxylic acids is 2. The Balaban J connectivity index is 2.55. The van der Waals surface area contributed by atoms with E-state index in [0.717, 1.165) is 11.0 Å². The number of nitrogens with zero attached hydrogens (tertiary/aromatic N) is 1. The summed E-state index contributed by atoms with van der Waals surface area (Å²) in [7, 11) is 1.66. The molecular weight excluding hydrogens is 332 g/mol. The Morgan fingerprint density at radius 3 is 2.29 bits per heavy atom. The van der Waals surface area contributed by atoms with Crippen molar-refractivity contribution in [2.75, 3.05) is 20.1 Å². The van der Waals surface area contributed by atoms with Gasteiger partial charge in [0, 0.05) is 17.1 Å². The molecule has 0 saturated heterocycles. The highest BCUT2D eigenvalue weighted by atomic mass is 79.9. The van der Waals surface area contributed by atoms with Gasteiger partial charge in [-0.15, -0.1) is 0 Å². The summed E-state index contributed by atoms with van der Waals surface area (Å²) in [4.78, 5) is 25.8. The summed E-state index contributed by atoms with van der Waals surface area (Å²) in [5, 5.41) is 3.17. The summed E-state index contributed by atoms with van der Waals surface area (Å²) in [5.74, 6) is 0.352. The van der Waals surface area contributed by atoms with Gasteiger partial charge in [0.2, 0.25) is 5.91 Å². The summed E-state index contributed by atoms with van der Waals surface area (Å²) >= 11 is 3.33. The van der Waals surface area contributed by atoms with Gasteiger partial charge in [-0.05, 0) is 31.5 Å². The fourth-order valence-corrected chi connectivity index (χ4v) is 2.12. The van der Waals surface area contributed by atoms with Crippen molar-refractivity contribution in [1.29, 1.82) is 0 Å². The molecule has 0 radical (unpaired) electrons. The van der Waals surface area contributed by atoms with Gasteiger partial charge in [-0.1, -0.05) is 41.9 Å². The van der Waals surface area contributed by atoms with Crippen LogP contribution in [0.2, 0.25) is 0 Å². The Labute approximate surface area is 135 Å². The fraction of sp³-hybridized carbons (Fsp3) is 0.500. The van der Waals surface area contributed by atoms with Crippen LogP contribution in [0.25, 0.3) is 0 Å². The molecule has 4 nitrogen and oxygen atoms in total. The number of halogens is 1. The Morgan fingerprint density at radius 2 is 1.76 bits per heavy atom. The van der Waals surface area contributed by atoms with E-state index in [1.807, 2.05) is 19.1 Å². The molecule has 0 aliphatic carbocycles. The number of hydrogen-bond donors (Lipinski definition) is 1. The average molecular weight is 355 g/mol. The van der Waals surface area contributed by atoms with E-state index in [0.29, 0.717) is 11.5 Å². The summed E-state index contributed by atoms with van der Waals surface area (Å²) in [5.41, 5.74) is 0.612. The molecule has 0 saturated carbocycles. The maximum absolute atomic E-state index is 12.2. The third-order valence-corrected chi connectivity index (χ3v) is 3.65. The predicted molar refractivity (Wildman–Crippen MR) is 88.4 cm³/mol. The molecule has 0 bridgehead atoms. The first kappa shape index (κ1) is 17.9. The van der Waals surface area contributed by atoms with Crippen molar-refractivity contribution in [3.8, 4) is 0 Å². The van der Waals surface area contributed by atoms with Crippen molar-refractivity contribution in [3.63, 3.8) is 0 Å². The van der Waals surface area contributed by atoms with E-state index in [1.165, 1.54) is 4.90 Å². The molecule has 1 amide bonds. The van der Waals surface area contributed by atoms with Crippen molar-refractivity contribution in [3.05, 3.63) is 34.3 Å². The Hall–Kier alpha value is -1.20. The van der Waals surface area contributed by atoms with Crippen molar-refractivity contribution >= 4 is 27.6 Å². The van der Waals surface area contributed by atoms with E-state index in [9.17, 15) is 9.59 Å². The molecule has 0 heterocycles. The number of likely N-dealkylation sites (N-methyl/N-ethyl adjacent to an activating group) is 1. The molecule has 0 fully saturated rings. The number of Topliss-reactive ketones (excluding diaryl/α,β-unsaturated/α-hetero) is 1. The number of benzene rings is 1. The minimum absolute atomic E-state index is 0.0607. The van der Waals surface area contributed by atoms with Crippen LogP contribution in [0.4, 0.5) is 0 Å². The quantitative estimate of drug-likeness (QED) is 0.766. The molecule has 1 atom stereocenters. The van der Waals surface area contributed by atoms with E-state index in [-0.39, 0.29) is 24.3 Å². The largest absolute Gasteiger partial charge is 0.337 e. The molecule has 0 aliphatic rings. The van der Waals surface area contributed by atoms with E-state index in [2.05, 4.69) is 35.1 Å². The lowest BCUT2D eigenvalue weighted by Gasteiger charge is -2.22. The van der Waals surface area contributed by atoms with E-state index in [4.69, 9.17) is 0 Å². The van der Waals surface area contributed by atoms with Crippen LogP contribution in [0, 0.1) is 5.92 Å². The van der Waals surface area contributed by atoms with Gasteiger partial charge < -0.3 is 10.2 Å². The fourth-order valence-electron chi connectivity index (χ4n) is 1.85. The molecule has 1 N–H and O–H groups in total. The number of hydrogen-bond acceptors (Lipinski definition) is 3. The standard InChI is InChI=1S/C16H23BrN2O2/c1-11(2)9-18-12(3)16(21)19(4)10-15(20)13-5-7-14(17)8-6-13/h5-8,11-12,18H,9-10H2,1-4H3/t12-/m0/s1. The molecule has 1 rings (SSSR count). The predicted octanol–water partition coefficient (Wildman–Crippen LogP) is 2.72. The molecule has 21 heavy (non-hydrogen) atoms. The minimum Gasteiger partial charge on any atom is -0.337 e. The van der Waals surface area contributed by atoms with Crippen LogP contribution in [0.1, 0.15) is 31.1 Å². The molecule has 0 unspecified atom stereocenters. The topological polar surface area (TPSA) is 49.4 Å². The smallest absolute Gasteiger partial charge is 0.239 e. The summed E-state index contributed by atoms with van der Waals surface area (Å²) in [6, 6.07) is 6.87. The second kappa shape index (κ2) is 8.29. The lowest BCUT2D eigenvalue weighted by Crippen LogP contribution is -2.45. The minimum atomic E-state index is -0.282. The number of carbonyl (C=O) groups is 2. The normalized spacial score (nSPS) is 12.3. The zero-order valence-corrected chi connectivity index (χ0v) is 14.6. The zero-order valence-electron chi connectivity index (χ0n) is 13.0. The molecule has 1 aromatic rings. The van der Waals surface area contributed by atoms with Crippen LogP contribution in [-0.2, 0) is 4.79 Å². The number of amides is 1. The second-order valence-corrected chi connectivity index (χ2v) is 6.56. The lowest BCUT2D eigenvalue weighted by molar-refractivity contribution is -0.131. The van der Waals surface area contributed by atoms with Crippen LogP contribution in [0.15, 0.2) is 28.7 Å². The van der Waals surface area contributed by atoms with Gasteiger partial charge in [-0.3, -0.25) is 9.59 Å². The van der Waals surface area contributed by atoms with E-state index >= 15 is 0 Å². The van der Waals surface area contributed by atoms with Gasteiger partial charge in [0.15, 0.2) is 5.78 Å². The van der Waals surface area contributed by atoms with Crippen molar-refractivity contribution in [2.45, 2.75) is 26.8 Å². The van der Waals surface area contributed by atoms with Crippen LogP contribution in [0.3, 0.4) is 0 Å². The number of ketones is 1. The molecule has 1 aromatic carbocycles. The van der Waals surface area contributed by atoms with Crippen molar-refractivity contribution in [1.82, 2.24) is 10.2 Å². The molecule has 0 aromatic heterocycles. The lowest BCUT2D eigenvalue weighted by atomic mass is 10.1. The molecule has 0 spiro atoms. The van der Waals surface area contributed by atoms with Gasteiger partial charge in [0.1, 0.15) is 0 Å². The van der Waals surface area contributed by atoms with Crippen LogP contribution >= 0.6 is 15.9 Å². The van der Waals surface area contributed by atoms with Crippen molar-refractivity contribution in [2.24, 2.45) is 5.92 Å². The van der Waals surface area contributed by atoms with Gasteiger partial charge in [-0.2, -0.15) is 0 Å². The maximum Gasteiger partial charge on any atom is 0.239 e. The highest BCUT2D eigenvalue weighted by Gasteiger charge is 2.19.